The van der Waals surface area contributed by atoms with E-state index in [1.807, 2.05) is 23.6 Å². The lowest BCUT2D eigenvalue weighted by atomic mass is 9.94. The van der Waals surface area contributed by atoms with Crippen molar-refractivity contribution in [1.29, 1.82) is 0 Å². The first-order chi connectivity index (χ1) is 13.7. The molecule has 0 amide bonds. The quantitative estimate of drug-likeness (QED) is 0.472. The van der Waals surface area contributed by atoms with Crippen molar-refractivity contribution in [3.05, 3.63) is 57.0 Å². The van der Waals surface area contributed by atoms with Gasteiger partial charge in [0.05, 0.1) is 24.0 Å². The third-order valence-corrected chi connectivity index (χ3v) is 6.58. The molecule has 2 N–H and O–H groups in total. The number of thiazole rings is 1. The third kappa shape index (κ3) is 3.22. The Kier molecular flexibility index (Phi) is 4.64. The highest BCUT2D eigenvalue weighted by Gasteiger charge is 2.21. The maximum atomic E-state index is 6.65. The molecule has 3 heterocycles. The van der Waals surface area contributed by atoms with E-state index in [9.17, 15) is 0 Å². The summed E-state index contributed by atoms with van der Waals surface area (Å²) in [7, 11) is 0. The minimum absolute atomic E-state index is 0.173. The molecule has 0 radical (unpaired) electrons. The summed E-state index contributed by atoms with van der Waals surface area (Å²) in [6, 6.07) is 8.04. The average molecular weight is 428 g/mol. The molecule has 0 saturated heterocycles. The zero-order valence-electron chi connectivity index (χ0n) is 14.6. The highest BCUT2D eigenvalue weighted by atomic mass is 35.5. The van der Waals surface area contributed by atoms with Crippen LogP contribution in [0.25, 0.3) is 22.2 Å². The summed E-state index contributed by atoms with van der Waals surface area (Å²) in [4.78, 5) is 17.6. The molecule has 0 bridgehead atoms. The largest absolute Gasteiger partial charge is 0.372 e. The summed E-state index contributed by atoms with van der Waals surface area (Å²) in [5.74, 6) is 1.33. The van der Waals surface area contributed by atoms with Crippen molar-refractivity contribution in [3.63, 3.8) is 0 Å². The van der Waals surface area contributed by atoms with E-state index in [1.165, 1.54) is 11.8 Å². The number of benzene rings is 2. The van der Waals surface area contributed by atoms with Gasteiger partial charge in [0, 0.05) is 17.1 Å². The second kappa shape index (κ2) is 7.29. The standard InChI is InChI=1S/C19H14ClN5OS2/c20-13-6-11-8-26-7-10-2-1-3-12(15(10)11)16(13)17-23-18(21)25-19(24-17)28-9-14-22-4-5-27-14/h1-6H,7-9H2,(H2,21,23,24,25). The summed E-state index contributed by atoms with van der Waals surface area (Å²) >= 11 is 9.72. The van der Waals surface area contributed by atoms with Crippen LogP contribution in [0.4, 0.5) is 5.95 Å². The van der Waals surface area contributed by atoms with Crippen LogP contribution in [0.5, 0.6) is 0 Å². The number of hydrogen-bond donors (Lipinski definition) is 1. The van der Waals surface area contributed by atoms with E-state index in [0.717, 1.165) is 32.5 Å². The van der Waals surface area contributed by atoms with Gasteiger partial charge in [-0.15, -0.1) is 11.3 Å². The lowest BCUT2D eigenvalue weighted by Gasteiger charge is -2.20. The number of nitrogens with two attached hydrogens (primary N) is 1. The first-order valence-electron chi connectivity index (χ1n) is 8.53. The molecule has 6 nitrogen and oxygen atoms in total. The molecule has 5 rings (SSSR count). The van der Waals surface area contributed by atoms with Gasteiger partial charge in [-0.3, -0.25) is 0 Å². The second-order valence-corrected chi connectivity index (χ2v) is 8.57. The van der Waals surface area contributed by atoms with Crippen molar-refractivity contribution in [1.82, 2.24) is 19.9 Å². The number of nitrogens with zero attached hydrogens (tertiary/aromatic N) is 4. The zero-order valence-corrected chi connectivity index (χ0v) is 16.9. The van der Waals surface area contributed by atoms with Gasteiger partial charge < -0.3 is 10.5 Å². The molecule has 0 unspecified atom stereocenters. The summed E-state index contributed by atoms with van der Waals surface area (Å²) in [5, 5.41) is 6.24. The molecule has 1 aliphatic heterocycles. The molecule has 140 valence electrons. The molecule has 28 heavy (non-hydrogen) atoms. The van der Waals surface area contributed by atoms with Crippen LogP contribution in [-0.4, -0.2) is 19.9 Å². The van der Waals surface area contributed by atoms with Crippen molar-refractivity contribution in [2.75, 3.05) is 5.73 Å². The van der Waals surface area contributed by atoms with Crippen molar-refractivity contribution in [2.24, 2.45) is 0 Å². The van der Waals surface area contributed by atoms with Crippen LogP contribution in [0, 0.1) is 0 Å². The Bertz CT molecular complexity index is 1180. The molecule has 0 atom stereocenters. The molecule has 0 aliphatic carbocycles. The summed E-state index contributed by atoms with van der Waals surface area (Å²) in [5.41, 5.74) is 8.97. The number of nitrogen functional groups attached to an aromatic ring is 1. The molecule has 1 aliphatic rings. The van der Waals surface area contributed by atoms with Crippen molar-refractivity contribution >= 4 is 51.4 Å². The maximum absolute atomic E-state index is 6.65. The minimum atomic E-state index is 0.173. The second-order valence-electron chi connectivity index (χ2n) is 6.24. The Hall–Kier alpha value is -2.26. The van der Waals surface area contributed by atoms with Crippen LogP contribution in [0.1, 0.15) is 16.1 Å². The van der Waals surface area contributed by atoms with E-state index in [-0.39, 0.29) is 5.95 Å². The van der Waals surface area contributed by atoms with E-state index in [1.54, 1.807) is 17.5 Å². The number of anilines is 1. The van der Waals surface area contributed by atoms with Crippen LogP contribution in [0.3, 0.4) is 0 Å². The Morgan fingerprint density at radius 1 is 1.18 bits per heavy atom. The van der Waals surface area contributed by atoms with Crippen molar-refractivity contribution < 1.29 is 4.74 Å². The van der Waals surface area contributed by atoms with Crippen LogP contribution < -0.4 is 5.73 Å². The maximum Gasteiger partial charge on any atom is 0.224 e. The SMILES string of the molecule is Nc1nc(SCc2nccs2)nc(-c2c(Cl)cc3c4c(cccc24)COC3)n1. The van der Waals surface area contributed by atoms with Crippen molar-refractivity contribution in [3.8, 4) is 11.4 Å². The molecule has 0 fully saturated rings. The molecule has 2 aromatic heterocycles. The molecule has 0 spiro atoms. The first kappa shape index (κ1) is 17.8. The number of ether oxygens (including phenoxy) is 1. The predicted octanol–water partition coefficient (Wildman–Crippen LogP) is 4.71. The van der Waals surface area contributed by atoms with Crippen LogP contribution in [-0.2, 0) is 23.7 Å². The van der Waals surface area contributed by atoms with E-state index in [4.69, 9.17) is 22.1 Å². The fraction of sp³-hybridized carbons (Fsp3) is 0.158. The van der Waals surface area contributed by atoms with Crippen LogP contribution in [0.2, 0.25) is 5.02 Å². The fourth-order valence-electron chi connectivity index (χ4n) is 3.34. The molecular formula is C19H14ClN5OS2. The smallest absolute Gasteiger partial charge is 0.224 e. The number of hydrogen-bond acceptors (Lipinski definition) is 8. The van der Waals surface area contributed by atoms with Crippen LogP contribution >= 0.6 is 34.7 Å². The summed E-state index contributed by atoms with van der Waals surface area (Å²) < 4.78 is 5.66. The zero-order chi connectivity index (χ0) is 19.1. The summed E-state index contributed by atoms with van der Waals surface area (Å²) in [6.07, 6.45) is 1.78. The molecule has 9 heteroatoms. The van der Waals surface area contributed by atoms with Gasteiger partial charge in [-0.1, -0.05) is 41.6 Å². The summed E-state index contributed by atoms with van der Waals surface area (Å²) in [6.45, 7) is 1.13. The Morgan fingerprint density at radius 2 is 2.07 bits per heavy atom. The Morgan fingerprint density at radius 3 is 2.93 bits per heavy atom. The minimum Gasteiger partial charge on any atom is -0.372 e. The Labute approximate surface area is 174 Å². The third-order valence-electron chi connectivity index (χ3n) is 4.46. The Balaban J connectivity index is 1.62. The molecule has 4 aromatic rings. The van der Waals surface area contributed by atoms with Gasteiger partial charge in [-0.05, 0) is 28.0 Å². The molecule has 2 aromatic carbocycles. The van der Waals surface area contributed by atoms with E-state index < -0.39 is 0 Å². The first-order valence-corrected chi connectivity index (χ1v) is 10.8. The highest BCUT2D eigenvalue weighted by molar-refractivity contribution is 7.98. The van der Waals surface area contributed by atoms with Gasteiger partial charge in [-0.2, -0.15) is 9.97 Å². The highest BCUT2D eigenvalue weighted by Crippen LogP contribution is 2.40. The van der Waals surface area contributed by atoms with Gasteiger partial charge >= 0.3 is 0 Å². The monoisotopic (exact) mass is 427 g/mol. The predicted molar refractivity (Wildman–Crippen MR) is 112 cm³/mol. The topological polar surface area (TPSA) is 86.8 Å². The van der Waals surface area contributed by atoms with E-state index in [0.29, 0.717) is 35.0 Å². The molecule has 0 saturated carbocycles. The number of halogens is 1. The van der Waals surface area contributed by atoms with Gasteiger partial charge in [0.1, 0.15) is 5.01 Å². The molecular weight excluding hydrogens is 414 g/mol. The number of thioether (sulfide) groups is 1. The number of aromatic nitrogens is 4. The van der Waals surface area contributed by atoms with Crippen molar-refractivity contribution in [2.45, 2.75) is 24.1 Å². The normalized spacial score (nSPS) is 13.2. The fourth-order valence-corrected chi connectivity index (χ4v) is 5.15. The van der Waals surface area contributed by atoms with E-state index in [2.05, 4.69) is 26.0 Å². The van der Waals surface area contributed by atoms with Gasteiger partial charge in [0.2, 0.25) is 5.95 Å². The van der Waals surface area contributed by atoms with Crippen LogP contribution in [0.15, 0.2) is 41.0 Å². The lowest BCUT2D eigenvalue weighted by Crippen LogP contribution is -2.06. The van der Waals surface area contributed by atoms with E-state index >= 15 is 0 Å². The number of rotatable bonds is 4. The average Bonchev–Trinajstić information content (AvgIpc) is 3.20. The van der Waals surface area contributed by atoms with Gasteiger partial charge in [-0.25, -0.2) is 9.97 Å². The lowest BCUT2D eigenvalue weighted by molar-refractivity contribution is 0.103. The van der Waals surface area contributed by atoms with Gasteiger partial charge in [0.25, 0.3) is 0 Å². The van der Waals surface area contributed by atoms with Gasteiger partial charge in [0.15, 0.2) is 11.0 Å².